The van der Waals surface area contributed by atoms with Crippen LogP contribution in [-0.2, 0) is 9.53 Å². The van der Waals surface area contributed by atoms with Crippen molar-refractivity contribution in [2.45, 2.75) is 37.9 Å². The molecule has 2 aliphatic heterocycles. The lowest BCUT2D eigenvalue weighted by atomic mass is 10.1. The molecule has 1 aromatic heterocycles. The van der Waals surface area contributed by atoms with Crippen molar-refractivity contribution in [1.82, 2.24) is 9.88 Å². The highest BCUT2D eigenvalue weighted by Gasteiger charge is 2.31. The van der Waals surface area contributed by atoms with Crippen molar-refractivity contribution in [2.75, 3.05) is 19.7 Å². The Bertz CT molecular complexity index is 682. The van der Waals surface area contributed by atoms with Crippen LogP contribution in [0, 0.1) is 0 Å². The van der Waals surface area contributed by atoms with Crippen molar-refractivity contribution >= 4 is 16.8 Å². The van der Waals surface area contributed by atoms with Gasteiger partial charge in [0.2, 0.25) is 0 Å². The smallest absolute Gasteiger partial charge is 0.251 e. The van der Waals surface area contributed by atoms with Crippen molar-refractivity contribution in [3.63, 3.8) is 0 Å². The molecule has 2 aromatic rings. The Morgan fingerprint density at radius 3 is 2.87 bits per heavy atom. The SMILES string of the molecule is O=C(C1CCCO1)N1CCC(Oc2cccc3[nH]ccc23)CC1. The summed E-state index contributed by atoms with van der Waals surface area (Å²) >= 11 is 0. The maximum atomic E-state index is 12.4. The van der Waals surface area contributed by atoms with Gasteiger partial charge in [-0.15, -0.1) is 0 Å². The van der Waals surface area contributed by atoms with E-state index >= 15 is 0 Å². The number of fused-ring (bicyclic) bond motifs is 1. The van der Waals surface area contributed by atoms with Gasteiger partial charge in [0, 0.05) is 49.6 Å². The zero-order chi connectivity index (χ0) is 15.6. The molecule has 1 unspecified atom stereocenters. The molecule has 0 bridgehead atoms. The number of carbonyl (C=O) groups is 1. The second-order valence-corrected chi connectivity index (χ2v) is 6.34. The van der Waals surface area contributed by atoms with Crippen LogP contribution in [0.15, 0.2) is 30.5 Å². The van der Waals surface area contributed by atoms with Gasteiger partial charge >= 0.3 is 0 Å². The van der Waals surface area contributed by atoms with Crippen molar-refractivity contribution in [2.24, 2.45) is 0 Å². The maximum Gasteiger partial charge on any atom is 0.251 e. The molecule has 122 valence electrons. The fourth-order valence-electron chi connectivity index (χ4n) is 3.51. The highest BCUT2D eigenvalue weighted by Crippen LogP contribution is 2.28. The summed E-state index contributed by atoms with van der Waals surface area (Å²) in [6.07, 6.45) is 5.51. The third kappa shape index (κ3) is 2.93. The Morgan fingerprint density at radius 2 is 2.09 bits per heavy atom. The molecule has 1 aromatic carbocycles. The molecule has 2 fully saturated rings. The third-order valence-corrected chi connectivity index (χ3v) is 4.81. The molecular weight excluding hydrogens is 292 g/mol. The Hall–Kier alpha value is -2.01. The average molecular weight is 314 g/mol. The number of ether oxygens (including phenoxy) is 2. The first-order valence-electron chi connectivity index (χ1n) is 8.44. The molecule has 0 spiro atoms. The maximum absolute atomic E-state index is 12.4. The van der Waals surface area contributed by atoms with Gasteiger partial charge in [0.15, 0.2) is 0 Å². The summed E-state index contributed by atoms with van der Waals surface area (Å²) in [7, 11) is 0. The van der Waals surface area contributed by atoms with Crippen LogP contribution in [0.1, 0.15) is 25.7 Å². The number of aromatic amines is 1. The first-order valence-corrected chi connectivity index (χ1v) is 8.44. The average Bonchev–Trinajstić information content (AvgIpc) is 3.27. The molecule has 5 heteroatoms. The van der Waals surface area contributed by atoms with Gasteiger partial charge < -0.3 is 19.4 Å². The minimum atomic E-state index is -0.207. The number of carbonyl (C=O) groups excluding carboxylic acids is 1. The van der Waals surface area contributed by atoms with Crippen LogP contribution in [0.3, 0.4) is 0 Å². The zero-order valence-electron chi connectivity index (χ0n) is 13.2. The summed E-state index contributed by atoms with van der Waals surface area (Å²) in [6, 6.07) is 8.11. The lowest BCUT2D eigenvalue weighted by molar-refractivity contribution is -0.142. The molecular formula is C18H22N2O3. The normalized spacial score (nSPS) is 22.6. The molecule has 1 N–H and O–H groups in total. The molecule has 4 rings (SSSR count). The number of aromatic nitrogens is 1. The van der Waals surface area contributed by atoms with E-state index in [0.717, 1.165) is 62.0 Å². The number of amides is 1. The summed E-state index contributed by atoms with van der Waals surface area (Å²) in [4.78, 5) is 17.5. The number of H-pyrrole nitrogens is 1. The minimum Gasteiger partial charge on any atom is -0.490 e. The number of benzene rings is 1. The number of nitrogens with one attached hydrogen (secondary N) is 1. The van der Waals surface area contributed by atoms with E-state index in [1.165, 1.54) is 0 Å². The van der Waals surface area contributed by atoms with Crippen LogP contribution in [-0.4, -0.2) is 47.7 Å². The van der Waals surface area contributed by atoms with E-state index in [1.54, 1.807) is 0 Å². The Kier molecular flexibility index (Phi) is 3.95. The predicted molar refractivity (Wildman–Crippen MR) is 87.5 cm³/mol. The summed E-state index contributed by atoms with van der Waals surface area (Å²) in [6.45, 7) is 2.23. The highest BCUT2D eigenvalue weighted by molar-refractivity contribution is 5.85. The molecule has 1 atom stereocenters. The number of piperidine rings is 1. The molecule has 5 nitrogen and oxygen atoms in total. The van der Waals surface area contributed by atoms with E-state index in [4.69, 9.17) is 9.47 Å². The van der Waals surface area contributed by atoms with E-state index in [0.29, 0.717) is 0 Å². The third-order valence-electron chi connectivity index (χ3n) is 4.81. The van der Waals surface area contributed by atoms with Crippen LogP contribution in [0.4, 0.5) is 0 Å². The van der Waals surface area contributed by atoms with E-state index in [9.17, 15) is 4.79 Å². The Balaban J connectivity index is 1.36. The predicted octanol–water partition coefficient (Wildman–Crippen LogP) is 2.72. The molecule has 2 saturated heterocycles. The number of nitrogens with zero attached hydrogens (tertiary/aromatic N) is 1. The van der Waals surface area contributed by atoms with Crippen LogP contribution in [0.5, 0.6) is 5.75 Å². The monoisotopic (exact) mass is 314 g/mol. The highest BCUT2D eigenvalue weighted by atomic mass is 16.5. The molecule has 0 saturated carbocycles. The van der Waals surface area contributed by atoms with Gasteiger partial charge in [-0.25, -0.2) is 0 Å². The summed E-state index contributed by atoms with van der Waals surface area (Å²) < 4.78 is 11.7. The van der Waals surface area contributed by atoms with Crippen molar-refractivity contribution in [3.8, 4) is 5.75 Å². The number of hydrogen-bond acceptors (Lipinski definition) is 3. The quantitative estimate of drug-likeness (QED) is 0.948. The van der Waals surface area contributed by atoms with Gasteiger partial charge in [-0.3, -0.25) is 4.79 Å². The van der Waals surface area contributed by atoms with Crippen LogP contribution in [0.25, 0.3) is 10.9 Å². The molecule has 1 amide bonds. The number of likely N-dealkylation sites (tertiary alicyclic amines) is 1. The molecule has 2 aliphatic rings. The van der Waals surface area contributed by atoms with Gasteiger partial charge in [0.25, 0.3) is 5.91 Å². The van der Waals surface area contributed by atoms with Crippen LogP contribution < -0.4 is 4.74 Å². The van der Waals surface area contributed by atoms with Crippen molar-refractivity contribution in [1.29, 1.82) is 0 Å². The molecule has 3 heterocycles. The zero-order valence-corrected chi connectivity index (χ0v) is 13.2. The van der Waals surface area contributed by atoms with Gasteiger partial charge in [-0.2, -0.15) is 0 Å². The van der Waals surface area contributed by atoms with Crippen molar-refractivity contribution < 1.29 is 14.3 Å². The molecule has 23 heavy (non-hydrogen) atoms. The molecule has 0 aliphatic carbocycles. The lowest BCUT2D eigenvalue weighted by Gasteiger charge is -2.33. The fraction of sp³-hybridized carbons (Fsp3) is 0.500. The topological polar surface area (TPSA) is 54.6 Å². The Labute approximate surface area is 135 Å². The van der Waals surface area contributed by atoms with Gasteiger partial charge in [0.05, 0.1) is 0 Å². The van der Waals surface area contributed by atoms with E-state index in [2.05, 4.69) is 4.98 Å². The van der Waals surface area contributed by atoms with Crippen molar-refractivity contribution in [3.05, 3.63) is 30.5 Å². The lowest BCUT2D eigenvalue weighted by Crippen LogP contribution is -2.45. The number of hydrogen-bond donors (Lipinski definition) is 1. The largest absolute Gasteiger partial charge is 0.490 e. The van der Waals surface area contributed by atoms with Gasteiger partial charge in [-0.1, -0.05) is 6.07 Å². The summed E-state index contributed by atoms with van der Waals surface area (Å²) in [5.74, 6) is 1.08. The standard InChI is InChI=1S/C18H22N2O3/c21-18(17-5-2-12-22-17)20-10-7-13(8-11-20)23-16-4-1-3-15-14(16)6-9-19-15/h1,3-4,6,9,13,17,19H,2,5,7-8,10-12H2. The second-order valence-electron chi connectivity index (χ2n) is 6.34. The van der Waals surface area contributed by atoms with Crippen LogP contribution in [0.2, 0.25) is 0 Å². The van der Waals surface area contributed by atoms with Gasteiger partial charge in [-0.05, 0) is 31.0 Å². The minimum absolute atomic E-state index is 0.161. The van der Waals surface area contributed by atoms with E-state index in [-0.39, 0.29) is 18.1 Å². The second kappa shape index (κ2) is 6.24. The van der Waals surface area contributed by atoms with E-state index < -0.39 is 0 Å². The number of rotatable bonds is 3. The van der Waals surface area contributed by atoms with Crippen LogP contribution >= 0.6 is 0 Å². The fourth-order valence-corrected chi connectivity index (χ4v) is 3.51. The first-order chi connectivity index (χ1) is 11.3. The summed E-state index contributed by atoms with van der Waals surface area (Å²) in [5.41, 5.74) is 1.09. The first kappa shape index (κ1) is 14.6. The summed E-state index contributed by atoms with van der Waals surface area (Å²) in [5, 5.41) is 1.12. The molecule has 0 radical (unpaired) electrons. The Morgan fingerprint density at radius 1 is 1.22 bits per heavy atom. The van der Waals surface area contributed by atoms with Gasteiger partial charge in [0.1, 0.15) is 18.0 Å². The van der Waals surface area contributed by atoms with E-state index in [1.807, 2.05) is 35.4 Å².